The minimum Gasteiger partial charge on any atom is -0.478 e. The van der Waals surface area contributed by atoms with Gasteiger partial charge in [0.25, 0.3) is 5.91 Å². The average molecular weight is 280 g/mol. The fraction of sp³-hybridized carbons (Fsp3) is 0.615. The number of carbonyl (C=O) groups is 2. The van der Waals surface area contributed by atoms with E-state index in [2.05, 4.69) is 10.00 Å². The molecule has 20 heavy (non-hydrogen) atoms. The number of piperazine rings is 1. The van der Waals surface area contributed by atoms with Crippen LogP contribution in [0, 0.1) is 0 Å². The highest BCUT2D eigenvalue weighted by Crippen LogP contribution is 2.17. The van der Waals surface area contributed by atoms with Gasteiger partial charge >= 0.3 is 5.97 Å². The molecule has 1 aliphatic rings. The van der Waals surface area contributed by atoms with Gasteiger partial charge in [0.1, 0.15) is 11.3 Å². The zero-order valence-electron chi connectivity index (χ0n) is 12.0. The molecule has 1 aromatic heterocycles. The van der Waals surface area contributed by atoms with Crippen LogP contribution in [0.2, 0.25) is 0 Å². The van der Waals surface area contributed by atoms with E-state index >= 15 is 0 Å². The predicted molar refractivity (Wildman–Crippen MR) is 73.0 cm³/mol. The smallest absolute Gasteiger partial charge is 0.339 e. The number of carboxylic acids is 1. The third kappa shape index (κ3) is 2.67. The maximum atomic E-state index is 12.6. The average Bonchev–Trinajstić information content (AvgIpc) is 2.83. The van der Waals surface area contributed by atoms with Gasteiger partial charge in [-0.2, -0.15) is 5.10 Å². The summed E-state index contributed by atoms with van der Waals surface area (Å²) in [7, 11) is 2.00. The molecule has 0 atom stereocenters. The van der Waals surface area contributed by atoms with Crippen molar-refractivity contribution in [2.24, 2.45) is 0 Å². The van der Waals surface area contributed by atoms with Gasteiger partial charge in [-0.05, 0) is 20.9 Å². The third-order valence-electron chi connectivity index (χ3n) is 3.51. The Labute approximate surface area is 117 Å². The highest BCUT2D eigenvalue weighted by atomic mass is 16.4. The summed E-state index contributed by atoms with van der Waals surface area (Å²) in [6.07, 6.45) is 1.26. The van der Waals surface area contributed by atoms with Gasteiger partial charge < -0.3 is 14.9 Å². The lowest BCUT2D eigenvalue weighted by Gasteiger charge is -2.32. The van der Waals surface area contributed by atoms with E-state index < -0.39 is 5.97 Å². The summed E-state index contributed by atoms with van der Waals surface area (Å²) in [5, 5.41) is 13.3. The van der Waals surface area contributed by atoms with Gasteiger partial charge in [0, 0.05) is 32.2 Å². The van der Waals surface area contributed by atoms with E-state index in [-0.39, 0.29) is 23.2 Å². The number of nitrogens with zero attached hydrogens (tertiary/aromatic N) is 4. The van der Waals surface area contributed by atoms with Gasteiger partial charge in [-0.1, -0.05) is 0 Å². The monoisotopic (exact) mass is 280 g/mol. The molecule has 0 unspecified atom stereocenters. The molecule has 0 aromatic carbocycles. The summed E-state index contributed by atoms with van der Waals surface area (Å²) in [6.45, 7) is 6.56. The fourth-order valence-corrected chi connectivity index (χ4v) is 2.28. The number of rotatable bonds is 3. The van der Waals surface area contributed by atoms with Crippen LogP contribution in [0.4, 0.5) is 0 Å². The number of aromatic carboxylic acids is 1. The fourth-order valence-electron chi connectivity index (χ4n) is 2.28. The SMILES string of the molecule is CC(C)n1ncc(C(=O)O)c1C(=O)N1CCN(C)CC1. The number of aromatic nitrogens is 2. The normalized spacial score (nSPS) is 16.7. The number of likely N-dealkylation sites (N-methyl/N-ethyl adjacent to an activating group) is 1. The van der Waals surface area contributed by atoms with Crippen LogP contribution in [0.15, 0.2) is 6.20 Å². The minimum absolute atomic E-state index is 0.0253. The molecule has 110 valence electrons. The Hall–Kier alpha value is -1.89. The van der Waals surface area contributed by atoms with E-state index in [4.69, 9.17) is 0 Å². The summed E-state index contributed by atoms with van der Waals surface area (Å²) in [4.78, 5) is 27.7. The Morgan fingerprint density at radius 2 is 1.85 bits per heavy atom. The van der Waals surface area contributed by atoms with Crippen LogP contribution in [0.5, 0.6) is 0 Å². The molecule has 1 aliphatic heterocycles. The maximum Gasteiger partial charge on any atom is 0.339 e. The molecule has 7 heteroatoms. The second-order valence-corrected chi connectivity index (χ2v) is 5.35. The van der Waals surface area contributed by atoms with Crippen LogP contribution in [-0.4, -0.2) is 69.8 Å². The first-order valence-corrected chi connectivity index (χ1v) is 6.70. The van der Waals surface area contributed by atoms with Gasteiger partial charge in [-0.25, -0.2) is 4.79 Å². The Bertz CT molecular complexity index is 516. The lowest BCUT2D eigenvalue weighted by Crippen LogP contribution is -2.47. The molecule has 1 saturated heterocycles. The van der Waals surface area contributed by atoms with E-state index in [1.807, 2.05) is 20.9 Å². The van der Waals surface area contributed by atoms with Crippen LogP contribution in [0.1, 0.15) is 40.7 Å². The van der Waals surface area contributed by atoms with Crippen molar-refractivity contribution in [1.29, 1.82) is 0 Å². The van der Waals surface area contributed by atoms with E-state index in [1.165, 1.54) is 10.9 Å². The van der Waals surface area contributed by atoms with E-state index in [0.717, 1.165) is 13.1 Å². The Morgan fingerprint density at radius 3 is 2.35 bits per heavy atom. The second kappa shape index (κ2) is 5.62. The van der Waals surface area contributed by atoms with Crippen LogP contribution < -0.4 is 0 Å². The van der Waals surface area contributed by atoms with Crippen molar-refractivity contribution in [3.8, 4) is 0 Å². The number of amides is 1. The summed E-state index contributed by atoms with van der Waals surface area (Å²) in [5.41, 5.74) is 0.152. The van der Waals surface area contributed by atoms with Crippen molar-refractivity contribution in [3.05, 3.63) is 17.5 Å². The molecule has 0 spiro atoms. The molecule has 1 fully saturated rings. The molecule has 0 aliphatic carbocycles. The Morgan fingerprint density at radius 1 is 1.25 bits per heavy atom. The number of carbonyl (C=O) groups excluding carboxylic acids is 1. The van der Waals surface area contributed by atoms with Gasteiger partial charge in [0.2, 0.25) is 0 Å². The van der Waals surface area contributed by atoms with Crippen LogP contribution in [0.25, 0.3) is 0 Å². The molecule has 0 radical (unpaired) electrons. The zero-order valence-corrected chi connectivity index (χ0v) is 12.0. The van der Waals surface area contributed by atoms with Gasteiger partial charge in [0.05, 0.1) is 6.20 Å². The summed E-state index contributed by atoms with van der Waals surface area (Å²) < 4.78 is 1.49. The maximum absolute atomic E-state index is 12.6. The molecule has 7 nitrogen and oxygen atoms in total. The number of carboxylic acid groups (broad SMARTS) is 1. The molecule has 0 saturated carbocycles. The minimum atomic E-state index is -1.12. The first-order chi connectivity index (χ1) is 9.41. The van der Waals surface area contributed by atoms with Crippen LogP contribution >= 0.6 is 0 Å². The topological polar surface area (TPSA) is 78.7 Å². The van der Waals surface area contributed by atoms with E-state index in [9.17, 15) is 14.7 Å². The summed E-state index contributed by atoms with van der Waals surface area (Å²) >= 11 is 0. The first-order valence-electron chi connectivity index (χ1n) is 6.70. The molecule has 1 N–H and O–H groups in total. The van der Waals surface area contributed by atoms with Gasteiger partial charge in [-0.15, -0.1) is 0 Å². The molecule has 2 rings (SSSR count). The van der Waals surface area contributed by atoms with Crippen molar-refractivity contribution in [2.75, 3.05) is 33.2 Å². The predicted octanol–water partition coefficient (Wildman–Crippen LogP) is 0.550. The van der Waals surface area contributed by atoms with Crippen molar-refractivity contribution in [2.45, 2.75) is 19.9 Å². The largest absolute Gasteiger partial charge is 0.478 e. The van der Waals surface area contributed by atoms with E-state index in [1.54, 1.807) is 4.90 Å². The summed E-state index contributed by atoms with van der Waals surface area (Å²) in [6, 6.07) is -0.0606. The van der Waals surface area contributed by atoms with Crippen molar-refractivity contribution in [1.82, 2.24) is 19.6 Å². The van der Waals surface area contributed by atoms with Crippen molar-refractivity contribution >= 4 is 11.9 Å². The van der Waals surface area contributed by atoms with Gasteiger partial charge in [0.15, 0.2) is 0 Å². The Balaban J connectivity index is 2.32. The quantitative estimate of drug-likeness (QED) is 0.874. The number of hydrogen-bond donors (Lipinski definition) is 1. The van der Waals surface area contributed by atoms with Crippen LogP contribution in [0.3, 0.4) is 0 Å². The second-order valence-electron chi connectivity index (χ2n) is 5.35. The van der Waals surface area contributed by atoms with Crippen molar-refractivity contribution < 1.29 is 14.7 Å². The molecule has 2 heterocycles. The molecular weight excluding hydrogens is 260 g/mol. The van der Waals surface area contributed by atoms with Crippen LogP contribution in [-0.2, 0) is 0 Å². The highest BCUT2D eigenvalue weighted by Gasteiger charge is 2.29. The van der Waals surface area contributed by atoms with Gasteiger partial charge in [-0.3, -0.25) is 9.48 Å². The first kappa shape index (κ1) is 14.5. The molecule has 1 amide bonds. The lowest BCUT2D eigenvalue weighted by molar-refractivity contribution is 0.0624. The standard InChI is InChI=1S/C13H20N4O3/c1-9(2)17-11(10(8-14-17)13(19)20)12(18)16-6-4-15(3)5-7-16/h8-9H,4-7H2,1-3H3,(H,19,20). The molecular formula is C13H20N4O3. The number of hydrogen-bond acceptors (Lipinski definition) is 4. The Kier molecular flexibility index (Phi) is 4.08. The highest BCUT2D eigenvalue weighted by molar-refractivity contribution is 6.03. The molecule has 0 bridgehead atoms. The lowest BCUT2D eigenvalue weighted by atomic mass is 10.2. The van der Waals surface area contributed by atoms with E-state index in [0.29, 0.717) is 13.1 Å². The van der Waals surface area contributed by atoms with Crippen molar-refractivity contribution in [3.63, 3.8) is 0 Å². The summed E-state index contributed by atoms with van der Waals surface area (Å²) in [5.74, 6) is -1.36. The third-order valence-corrected chi connectivity index (χ3v) is 3.51. The molecule has 1 aromatic rings. The zero-order chi connectivity index (χ0) is 14.9.